The van der Waals surface area contributed by atoms with E-state index in [0.29, 0.717) is 25.9 Å². The van der Waals surface area contributed by atoms with Gasteiger partial charge in [0.2, 0.25) is 11.8 Å². The minimum absolute atomic E-state index is 0.0681. The number of aliphatic hydroxyl groups is 1. The highest BCUT2D eigenvalue weighted by molar-refractivity contribution is 5.98. The molecule has 4 rings (SSSR count). The van der Waals surface area contributed by atoms with E-state index < -0.39 is 41.1 Å². The number of aliphatic hydroxyl groups excluding tert-OH is 1. The van der Waals surface area contributed by atoms with E-state index in [1.54, 1.807) is 22.8 Å². The summed E-state index contributed by atoms with van der Waals surface area (Å²) in [7, 11) is 0. The Labute approximate surface area is 226 Å². The van der Waals surface area contributed by atoms with Gasteiger partial charge in [-0.3, -0.25) is 14.4 Å². The highest BCUT2D eigenvalue weighted by Gasteiger charge is 2.80. The number of ether oxygens (including phenoxy) is 2. The Bertz CT molecular complexity index is 1050. The number of likely N-dealkylation sites (tertiary alicyclic amines) is 1. The van der Waals surface area contributed by atoms with Gasteiger partial charge < -0.3 is 24.4 Å². The van der Waals surface area contributed by atoms with E-state index in [1.807, 2.05) is 44.2 Å². The van der Waals surface area contributed by atoms with Crippen molar-refractivity contribution in [3.05, 3.63) is 48.6 Å². The van der Waals surface area contributed by atoms with E-state index in [9.17, 15) is 19.5 Å². The van der Waals surface area contributed by atoms with E-state index >= 15 is 0 Å². The number of hydrogen-bond acceptors (Lipinski definition) is 6. The van der Waals surface area contributed by atoms with Gasteiger partial charge in [-0.15, -0.1) is 6.58 Å². The fraction of sp³-hybridized carbons (Fsp3) is 0.633. The number of rotatable bonds is 12. The molecule has 3 aliphatic rings. The van der Waals surface area contributed by atoms with Crippen molar-refractivity contribution in [2.24, 2.45) is 17.8 Å². The van der Waals surface area contributed by atoms with Gasteiger partial charge in [-0.25, -0.2) is 0 Å². The van der Waals surface area contributed by atoms with Gasteiger partial charge in [0.1, 0.15) is 17.6 Å². The molecular weight excluding hydrogens is 484 g/mol. The molecule has 8 nitrogen and oxygen atoms in total. The lowest BCUT2D eigenvalue weighted by Gasteiger charge is -2.39. The monoisotopic (exact) mass is 526 g/mol. The molecule has 0 radical (unpaired) electrons. The van der Waals surface area contributed by atoms with Gasteiger partial charge >= 0.3 is 5.97 Å². The van der Waals surface area contributed by atoms with Gasteiger partial charge in [-0.2, -0.15) is 0 Å². The van der Waals surface area contributed by atoms with Crippen LogP contribution in [0.1, 0.15) is 52.5 Å². The Kier molecular flexibility index (Phi) is 8.33. The molecule has 1 spiro atoms. The zero-order valence-electron chi connectivity index (χ0n) is 23.1. The van der Waals surface area contributed by atoms with Crippen LogP contribution < -0.4 is 0 Å². The van der Waals surface area contributed by atoms with Crippen molar-refractivity contribution in [2.75, 3.05) is 26.3 Å². The van der Waals surface area contributed by atoms with Crippen LogP contribution in [0.15, 0.2) is 43.0 Å². The number of hydrogen-bond donors (Lipinski definition) is 1. The minimum Gasteiger partial charge on any atom is -0.466 e. The Balaban J connectivity index is 1.83. The molecule has 2 bridgehead atoms. The smallest absolute Gasteiger partial charge is 0.312 e. The summed E-state index contributed by atoms with van der Waals surface area (Å²) < 4.78 is 12.2. The number of benzene rings is 1. The normalized spacial score (nSPS) is 32.2. The predicted molar refractivity (Wildman–Crippen MR) is 143 cm³/mol. The molecule has 0 aromatic heterocycles. The van der Waals surface area contributed by atoms with Crippen LogP contribution in [0.5, 0.6) is 0 Å². The first-order chi connectivity index (χ1) is 18.2. The van der Waals surface area contributed by atoms with Crippen LogP contribution in [-0.4, -0.2) is 82.3 Å². The molecule has 38 heavy (non-hydrogen) atoms. The van der Waals surface area contributed by atoms with Crippen molar-refractivity contribution in [3.63, 3.8) is 0 Å². The van der Waals surface area contributed by atoms with Crippen LogP contribution in [-0.2, 0) is 30.3 Å². The average Bonchev–Trinajstić information content (AvgIpc) is 3.42. The number of carbonyl (C=O) groups excluding carboxylic acids is 3. The minimum atomic E-state index is -1.17. The Morgan fingerprint density at radius 1 is 1.32 bits per heavy atom. The van der Waals surface area contributed by atoms with Crippen LogP contribution in [0.2, 0.25) is 0 Å². The first kappa shape index (κ1) is 28.3. The highest BCUT2D eigenvalue weighted by Crippen LogP contribution is 2.65. The summed E-state index contributed by atoms with van der Waals surface area (Å²) in [6, 6.07) is 8.01. The van der Waals surface area contributed by atoms with Gasteiger partial charge in [0, 0.05) is 13.1 Å². The fourth-order valence-electron chi connectivity index (χ4n) is 7.05. The number of nitrogens with zero attached hydrogens (tertiary/aromatic N) is 2. The Morgan fingerprint density at radius 2 is 2.03 bits per heavy atom. The second-order valence-corrected chi connectivity index (χ2v) is 11.2. The molecule has 3 saturated heterocycles. The lowest BCUT2D eigenvalue weighted by molar-refractivity contribution is -0.163. The number of fused-ring (bicyclic) bond motifs is 1. The topological polar surface area (TPSA) is 96.4 Å². The maximum atomic E-state index is 14.4. The molecule has 3 heterocycles. The first-order valence-corrected chi connectivity index (χ1v) is 13.9. The van der Waals surface area contributed by atoms with Gasteiger partial charge in [0.15, 0.2) is 0 Å². The van der Waals surface area contributed by atoms with Gasteiger partial charge in [0.05, 0.1) is 30.8 Å². The van der Waals surface area contributed by atoms with Crippen molar-refractivity contribution in [1.29, 1.82) is 0 Å². The van der Waals surface area contributed by atoms with Crippen molar-refractivity contribution in [3.8, 4) is 0 Å². The molecule has 1 aromatic rings. The van der Waals surface area contributed by atoms with E-state index in [2.05, 4.69) is 13.5 Å². The summed E-state index contributed by atoms with van der Waals surface area (Å²) in [4.78, 5) is 45.4. The predicted octanol–water partition coefficient (Wildman–Crippen LogP) is 2.98. The third kappa shape index (κ3) is 4.45. The summed E-state index contributed by atoms with van der Waals surface area (Å²) in [5.41, 5.74) is -1.14. The summed E-state index contributed by atoms with van der Waals surface area (Å²) in [6.45, 7) is 12.3. The molecule has 7 atom stereocenters. The molecule has 1 N–H and O–H groups in total. The molecular formula is C30H42N2O6. The number of carbonyl (C=O) groups is 3. The van der Waals surface area contributed by atoms with Crippen LogP contribution in [0, 0.1) is 17.8 Å². The fourth-order valence-corrected chi connectivity index (χ4v) is 7.05. The lowest BCUT2D eigenvalue weighted by Crippen LogP contribution is -2.59. The van der Waals surface area contributed by atoms with Crippen LogP contribution in [0.25, 0.3) is 0 Å². The number of unbranched alkanes of at least 4 members (excludes halogenated alkanes) is 1. The molecule has 1 aromatic carbocycles. The van der Waals surface area contributed by atoms with Gasteiger partial charge in [-0.05, 0) is 44.6 Å². The zero-order chi connectivity index (χ0) is 27.7. The molecule has 3 unspecified atom stereocenters. The molecule has 208 valence electrons. The van der Waals surface area contributed by atoms with E-state index in [0.717, 1.165) is 18.4 Å². The number of amides is 2. The van der Waals surface area contributed by atoms with Gasteiger partial charge in [-0.1, -0.05) is 56.7 Å². The largest absolute Gasteiger partial charge is 0.466 e. The summed E-state index contributed by atoms with van der Waals surface area (Å²) in [5, 5.41) is 10.6. The summed E-state index contributed by atoms with van der Waals surface area (Å²) >= 11 is 0. The van der Waals surface area contributed by atoms with Crippen LogP contribution >= 0.6 is 0 Å². The number of esters is 1. The van der Waals surface area contributed by atoms with Crippen molar-refractivity contribution >= 4 is 17.8 Å². The van der Waals surface area contributed by atoms with Crippen molar-refractivity contribution in [1.82, 2.24) is 9.80 Å². The lowest BCUT2D eigenvalue weighted by atomic mass is 9.62. The molecule has 3 aliphatic heterocycles. The van der Waals surface area contributed by atoms with Crippen LogP contribution in [0.3, 0.4) is 0 Å². The molecule has 2 amide bonds. The van der Waals surface area contributed by atoms with E-state index in [1.165, 1.54) is 0 Å². The standard InChI is InChI=1S/C30H42N2O6/c1-6-9-16-31(15-7-2)27(35)25-30-18-20(4)29(5,38-30)24(28(36)37-8-3)23(30)26(34)32(25)22(19-33)17-21-13-11-10-12-14-21/h7,10-14,20,22-25,33H,2,6,8-9,15-19H2,1,3-5H3/t20?,22-,23+,24+,25?,29-,30?/m1/s1. The molecule has 0 saturated carbocycles. The molecule has 3 fully saturated rings. The first-order valence-electron chi connectivity index (χ1n) is 13.9. The highest BCUT2D eigenvalue weighted by atomic mass is 16.6. The Hall–Kier alpha value is -2.71. The third-order valence-corrected chi connectivity index (χ3v) is 8.89. The molecule has 0 aliphatic carbocycles. The van der Waals surface area contributed by atoms with Crippen molar-refractivity contribution in [2.45, 2.75) is 76.7 Å². The van der Waals surface area contributed by atoms with Crippen molar-refractivity contribution < 1.29 is 29.0 Å². The third-order valence-electron chi connectivity index (χ3n) is 8.89. The summed E-state index contributed by atoms with van der Waals surface area (Å²) in [5.74, 6) is -2.74. The van der Waals surface area contributed by atoms with E-state index in [4.69, 9.17) is 9.47 Å². The summed E-state index contributed by atoms with van der Waals surface area (Å²) in [6.07, 6.45) is 4.26. The zero-order valence-corrected chi connectivity index (χ0v) is 23.1. The van der Waals surface area contributed by atoms with E-state index in [-0.39, 0.29) is 30.9 Å². The maximum absolute atomic E-state index is 14.4. The van der Waals surface area contributed by atoms with Crippen LogP contribution in [0.4, 0.5) is 0 Å². The quantitative estimate of drug-likeness (QED) is 0.332. The molecule has 8 heteroatoms. The van der Waals surface area contributed by atoms with Gasteiger partial charge in [0.25, 0.3) is 0 Å². The average molecular weight is 527 g/mol. The second kappa shape index (κ2) is 11.2. The Morgan fingerprint density at radius 3 is 2.63 bits per heavy atom. The SMILES string of the molecule is C=CCN(CCCC)C(=O)C1N([C@@H](CO)Cc2ccccc2)C(=O)[C@@H]2[C@@H](C(=O)OCC)[C@]3(C)OC12CC3C. The second-order valence-electron chi connectivity index (χ2n) is 11.2. The maximum Gasteiger partial charge on any atom is 0.312 e.